The monoisotopic (exact) mass is 480 g/mol. The molecule has 178 valence electrons. The molecule has 0 atom stereocenters. The van der Waals surface area contributed by atoms with Crippen LogP contribution in [0.25, 0.3) is 17.1 Å². The molecule has 3 aromatic rings. The standard InChI is InChI=1S/C25H28N4O4S/c1-17-8-10-19(11-9-17)29-23(20-6-4-5-7-21(20)32-2)26-27-25(29)34-16-22(30)28-14-12-18(13-15-28)24(31)33-3/h4-11,18H,12-16H2,1-3H3. The van der Waals surface area contributed by atoms with Crippen molar-refractivity contribution in [2.45, 2.75) is 24.9 Å². The van der Waals surface area contributed by atoms with E-state index in [1.54, 1.807) is 12.0 Å². The van der Waals surface area contributed by atoms with Crippen molar-refractivity contribution < 1.29 is 19.1 Å². The van der Waals surface area contributed by atoms with Gasteiger partial charge in [-0.3, -0.25) is 14.2 Å². The molecule has 1 aromatic heterocycles. The van der Waals surface area contributed by atoms with Crippen LogP contribution in [0.15, 0.2) is 53.7 Å². The lowest BCUT2D eigenvalue weighted by Crippen LogP contribution is -2.41. The zero-order valence-electron chi connectivity index (χ0n) is 19.6. The van der Waals surface area contributed by atoms with Gasteiger partial charge < -0.3 is 14.4 Å². The summed E-state index contributed by atoms with van der Waals surface area (Å²) in [6, 6.07) is 15.8. The van der Waals surface area contributed by atoms with E-state index >= 15 is 0 Å². The molecule has 9 heteroatoms. The van der Waals surface area contributed by atoms with Crippen molar-refractivity contribution in [3.05, 3.63) is 54.1 Å². The minimum absolute atomic E-state index is 0.0191. The Morgan fingerprint density at radius 1 is 1.03 bits per heavy atom. The van der Waals surface area contributed by atoms with Gasteiger partial charge in [-0.15, -0.1) is 10.2 Å². The van der Waals surface area contributed by atoms with E-state index in [1.807, 2.05) is 60.0 Å². The Morgan fingerprint density at radius 2 is 1.74 bits per heavy atom. The summed E-state index contributed by atoms with van der Waals surface area (Å²) < 4.78 is 12.3. The van der Waals surface area contributed by atoms with E-state index in [-0.39, 0.29) is 23.5 Å². The zero-order chi connectivity index (χ0) is 24.1. The molecular weight excluding hydrogens is 452 g/mol. The number of carbonyl (C=O) groups excluding carboxylic acids is 2. The number of hydrogen-bond donors (Lipinski definition) is 0. The van der Waals surface area contributed by atoms with Crippen molar-refractivity contribution in [3.63, 3.8) is 0 Å². The van der Waals surface area contributed by atoms with Gasteiger partial charge in [-0.05, 0) is 44.0 Å². The highest BCUT2D eigenvalue weighted by Gasteiger charge is 2.28. The summed E-state index contributed by atoms with van der Waals surface area (Å²) >= 11 is 1.35. The fourth-order valence-electron chi connectivity index (χ4n) is 4.04. The highest BCUT2D eigenvalue weighted by atomic mass is 32.2. The first kappa shape index (κ1) is 23.8. The molecule has 1 aliphatic heterocycles. The molecule has 0 bridgehead atoms. The van der Waals surface area contributed by atoms with Gasteiger partial charge in [0.1, 0.15) is 5.75 Å². The summed E-state index contributed by atoms with van der Waals surface area (Å²) in [5.41, 5.74) is 2.88. The largest absolute Gasteiger partial charge is 0.496 e. The van der Waals surface area contributed by atoms with Crippen LogP contribution in [0.5, 0.6) is 5.75 Å². The lowest BCUT2D eigenvalue weighted by molar-refractivity contribution is -0.148. The van der Waals surface area contributed by atoms with Crippen molar-refractivity contribution in [3.8, 4) is 22.8 Å². The molecule has 2 heterocycles. The number of esters is 1. The van der Waals surface area contributed by atoms with Crippen molar-refractivity contribution in [1.82, 2.24) is 19.7 Å². The van der Waals surface area contributed by atoms with Gasteiger partial charge in [0, 0.05) is 18.8 Å². The van der Waals surface area contributed by atoms with Gasteiger partial charge in [0.25, 0.3) is 0 Å². The summed E-state index contributed by atoms with van der Waals surface area (Å²) in [6.45, 7) is 3.14. The summed E-state index contributed by atoms with van der Waals surface area (Å²) in [4.78, 5) is 26.5. The number of thioether (sulfide) groups is 1. The number of carbonyl (C=O) groups is 2. The first-order valence-corrected chi connectivity index (χ1v) is 12.1. The minimum atomic E-state index is -0.198. The Kier molecular flexibility index (Phi) is 7.52. The second kappa shape index (κ2) is 10.7. The van der Waals surface area contributed by atoms with E-state index in [0.717, 1.165) is 16.8 Å². The molecule has 1 amide bonds. The van der Waals surface area contributed by atoms with Crippen LogP contribution < -0.4 is 4.74 Å². The number of piperidine rings is 1. The molecule has 0 saturated carbocycles. The van der Waals surface area contributed by atoms with Crippen LogP contribution in [0.4, 0.5) is 0 Å². The maximum atomic E-state index is 12.9. The van der Waals surface area contributed by atoms with Crippen LogP contribution in [-0.4, -0.2) is 64.6 Å². The van der Waals surface area contributed by atoms with Crippen molar-refractivity contribution in [2.24, 2.45) is 5.92 Å². The first-order chi connectivity index (χ1) is 16.5. The van der Waals surface area contributed by atoms with Gasteiger partial charge in [-0.1, -0.05) is 41.6 Å². The average Bonchev–Trinajstić information content (AvgIpc) is 3.31. The summed E-state index contributed by atoms with van der Waals surface area (Å²) in [5, 5.41) is 9.50. The van der Waals surface area contributed by atoms with E-state index in [9.17, 15) is 9.59 Å². The third-order valence-corrected chi connectivity index (χ3v) is 6.89. The number of ether oxygens (including phenoxy) is 2. The van der Waals surface area contributed by atoms with E-state index in [2.05, 4.69) is 10.2 Å². The number of aryl methyl sites for hydroxylation is 1. The number of rotatable bonds is 7. The summed E-state index contributed by atoms with van der Waals surface area (Å²) in [7, 11) is 3.03. The van der Waals surface area contributed by atoms with E-state index in [1.165, 1.54) is 18.9 Å². The normalized spacial score (nSPS) is 14.1. The Hall–Kier alpha value is -3.33. The first-order valence-electron chi connectivity index (χ1n) is 11.2. The van der Waals surface area contributed by atoms with Crippen LogP contribution >= 0.6 is 11.8 Å². The number of benzene rings is 2. The Morgan fingerprint density at radius 3 is 2.41 bits per heavy atom. The molecule has 4 rings (SSSR count). The molecule has 1 aliphatic rings. The van der Waals surface area contributed by atoms with Crippen molar-refractivity contribution in [2.75, 3.05) is 33.1 Å². The Labute approximate surface area is 203 Å². The van der Waals surface area contributed by atoms with Crippen LogP contribution in [0.1, 0.15) is 18.4 Å². The quantitative estimate of drug-likeness (QED) is 0.376. The van der Waals surface area contributed by atoms with Gasteiger partial charge in [0.2, 0.25) is 5.91 Å². The number of aromatic nitrogens is 3. The molecule has 0 unspecified atom stereocenters. The number of hydrogen-bond acceptors (Lipinski definition) is 7. The number of amides is 1. The van der Waals surface area contributed by atoms with Crippen molar-refractivity contribution >= 4 is 23.6 Å². The van der Waals surface area contributed by atoms with Gasteiger partial charge in [0.05, 0.1) is 31.5 Å². The summed E-state index contributed by atoms with van der Waals surface area (Å²) in [6.07, 6.45) is 1.25. The molecule has 2 aromatic carbocycles. The third-order valence-electron chi connectivity index (χ3n) is 5.98. The molecule has 0 spiro atoms. The van der Waals surface area contributed by atoms with Gasteiger partial charge in [-0.25, -0.2) is 0 Å². The van der Waals surface area contributed by atoms with Gasteiger partial charge >= 0.3 is 5.97 Å². The fourth-order valence-corrected chi connectivity index (χ4v) is 4.90. The van der Waals surface area contributed by atoms with Crippen LogP contribution in [0, 0.1) is 12.8 Å². The predicted octanol–water partition coefficient (Wildman–Crippen LogP) is 3.76. The highest BCUT2D eigenvalue weighted by molar-refractivity contribution is 7.99. The Bertz CT molecular complexity index is 1150. The second-order valence-electron chi connectivity index (χ2n) is 8.14. The number of nitrogens with zero attached hydrogens (tertiary/aromatic N) is 4. The molecule has 1 saturated heterocycles. The van der Waals surface area contributed by atoms with E-state index < -0.39 is 0 Å². The van der Waals surface area contributed by atoms with Crippen LogP contribution in [0.3, 0.4) is 0 Å². The number of likely N-dealkylation sites (tertiary alicyclic amines) is 1. The van der Waals surface area contributed by atoms with Crippen LogP contribution in [0.2, 0.25) is 0 Å². The molecule has 0 aliphatic carbocycles. The number of para-hydroxylation sites is 1. The lowest BCUT2D eigenvalue weighted by atomic mass is 9.97. The molecule has 34 heavy (non-hydrogen) atoms. The average molecular weight is 481 g/mol. The zero-order valence-corrected chi connectivity index (χ0v) is 20.4. The van der Waals surface area contributed by atoms with Gasteiger partial charge in [0.15, 0.2) is 11.0 Å². The van der Waals surface area contributed by atoms with Gasteiger partial charge in [-0.2, -0.15) is 0 Å². The maximum Gasteiger partial charge on any atom is 0.308 e. The molecular formula is C25H28N4O4S. The van der Waals surface area contributed by atoms with Crippen molar-refractivity contribution in [1.29, 1.82) is 0 Å². The van der Waals surface area contributed by atoms with E-state index in [0.29, 0.717) is 42.7 Å². The second-order valence-corrected chi connectivity index (χ2v) is 9.09. The Balaban J connectivity index is 1.55. The maximum absolute atomic E-state index is 12.9. The molecule has 0 radical (unpaired) electrons. The predicted molar refractivity (Wildman–Crippen MR) is 130 cm³/mol. The van der Waals surface area contributed by atoms with Crippen LogP contribution in [-0.2, 0) is 14.3 Å². The fraction of sp³-hybridized carbons (Fsp3) is 0.360. The topological polar surface area (TPSA) is 86.6 Å². The highest BCUT2D eigenvalue weighted by Crippen LogP contribution is 2.33. The SMILES string of the molecule is COC(=O)C1CCN(C(=O)CSc2nnc(-c3ccccc3OC)n2-c2ccc(C)cc2)CC1. The summed E-state index contributed by atoms with van der Waals surface area (Å²) in [5.74, 6) is 1.27. The van der Waals surface area contributed by atoms with E-state index in [4.69, 9.17) is 9.47 Å². The smallest absolute Gasteiger partial charge is 0.308 e. The molecule has 8 nitrogen and oxygen atoms in total. The lowest BCUT2D eigenvalue weighted by Gasteiger charge is -2.30. The number of methoxy groups -OCH3 is 2. The molecule has 0 N–H and O–H groups in total. The molecule has 1 fully saturated rings. The third kappa shape index (κ3) is 5.09. The minimum Gasteiger partial charge on any atom is -0.496 e.